The molecule has 25 heavy (non-hydrogen) atoms. The lowest BCUT2D eigenvalue weighted by atomic mass is 9.97. The van der Waals surface area contributed by atoms with Crippen LogP contribution in [0.15, 0.2) is 12.1 Å². The van der Waals surface area contributed by atoms with Crippen molar-refractivity contribution in [1.82, 2.24) is 4.90 Å². The fourth-order valence-corrected chi connectivity index (χ4v) is 2.97. The van der Waals surface area contributed by atoms with Crippen LogP contribution in [0.5, 0.6) is 17.2 Å². The Bertz CT molecular complexity index is 655. The summed E-state index contributed by atoms with van der Waals surface area (Å²) in [7, 11) is 0. The van der Waals surface area contributed by atoms with Crippen molar-refractivity contribution in [3.05, 3.63) is 12.1 Å². The molecule has 8 nitrogen and oxygen atoms in total. The molecule has 2 amide bonds. The van der Waals surface area contributed by atoms with E-state index in [2.05, 4.69) is 5.32 Å². The minimum absolute atomic E-state index is 0.276. The topological polar surface area (TPSA) is 97.3 Å². The number of fused-ring (bicyclic) bond motifs is 1. The van der Waals surface area contributed by atoms with E-state index in [1.807, 2.05) is 6.92 Å². The summed E-state index contributed by atoms with van der Waals surface area (Å²) in [4.78, 5) is 25.1. The Hall–Kier alpha value is -2.64. The van der Waals surface area contributed by atoms with Gasteiger partial charge in [-0.15, -0.1) is 0 Å². The molecule has 0 spiro atoms. The van der Waals surface area contributed by atoms with Gasteiger partial charge in [0.1, 0.15) is 19.0 Å². The van der Waals surface area contributed by atoms with Gasteiger partial charge >= 0.3 is 12.0 Å². The van der Waals surface area contributed by atoms with E-state index in [1.54, 1.807) is 17.0 Å². The van der Waals surface area contributed by atoms with Gasteiger partial charge in [0.25, 0.3) is 0 Å². The number of likely N-dealkylation sites (tertiary alicyclic amines) is 1. The summed E-state index contributed by atoms with van der Waals surface area (Å²) in [5.74, 6) is 0.493. The Balaban J connectivity index is 1.71. The standard InChI is InChI=1S/C17H22N2O6/c1-2-23-13-10-15-14(24-7-8-25-15)9-12(13)18-17(22)19-5-3-11(4-6-19)16(20)21/h9-11H,2-8H2,1H3,(H,18,22)(H,20,21). The monoisotopic (exact) mass is 350 g/mol. The van der Waals surface area contributed by atoms with Crippen molar-refractivity contribution in [3.63, 3.8) is 0 Å². The van der Waals surface area contributed by atoms with Gasteiger partial charge in [-0.2, -0.15) is 0 Å². The van der Waals surface area contributed by atoms with Gasteiger partial charge in [0.15, 0.2) is 11.5 Å². The highest BCUT2D eigenvalue weighted by Gasteiger charge is 2.27. The number of aliphatic carboxylic acids is 1. The van der Waals surface area contributed by atoms with E-state index in [-0.39, 0.29) is 11.9 Å². The molecule has 0 aromatic heterocycles. The molecule has 0 aliphatic carbocycles. The summed E-state index contributed by atoms with van der Waals surface area (Å²) in [5, 5.41) is 11.9. The first-order valence-electron chi connectivity index (χ1n) is 8.43. The molecular weight excluding hydrogens is 328 g/mol. The Labute approximate surface area is 145 Å². The van der Waals surface area contributed by atoms with Crippen LogP contribution < -0.4 is 19.5 Å². The van der Waals surface area contributed by atoms with Crippen LogP contribution in [0.25, 0.3) is 0 Å². The van der Waals surface area contributed by atoms with Crippen LogP contribution in [-0.2, 0) is 4.79 Å². The van der Waals surface area contributed by atoms with Crippen molar-refractivity contribution in [3.8, 4) is 17.2 Å². The summed E-state index contributed by atoms with van der Waals surface area (Å²) < 4.78 is 16.7. The van der Waals surface area contributed by atoms with Gasteiger partial charge in [0.05, 0.1) is 18.2 Å². The Morgan fingerprint density at radius 1 is 1.24 bits per heavy atom. The fraction of sp³-hybridized carbons (Fsp3) is 0.529. The maximum Gasteiger partial charge on any atom is 0.321 e. The summed E-state index contributed by atoms with van der Waals surface area (Å²) in [6.07, 6.45) is 0.921. The summed E-state index contributed by atoms with van der Waals surface area (Å²) in [6.45, 7) is 4.07. The normalized spacial score (nSPS) is 17.1. The smallest absolute Gasteiger partial charge is 0.321 e. The van der Waals surface area contributed by atoms with Crippen molar-refractivity contribution in [2.24, 2.45) is 5.92 Å². The van der Waals surface area contributed by atoms with Crippen LogP contribution in [0, 0.1) is 5.92 Å². The van der Waals surface area contributed by atoms with E-state index in [0.717, 1.165) is 0 Å². The number of hydrogen-bond acceptors (Lipinski definition) is 5. The second-order valence-corrected chi connectivity index (χ2v) is 5.95. The highest BCUT2D eigenvalue weighted by molar-refractivity contribution is 5.92. The third-order valence-corrected chi connectivity index (χ3v) is 4.32. The van der Waals surface area contributed by atoms with E-state index in [9.17, 15) is 9.59 Å². The minimum atomic E-state index is -0.800. The zero-order valence-corrected chi connectivity index (χ0v) is 14.1. The molecule has 1 fully saturated rings. The van der Waals surface area contributed by atoms with Crippen LogP contribution in [0.4, 0.5) is 10.5 Å². The molecule has 3 rings (SSSR count). The van der Waals surface area contributed by atoms with Gasteiger partial charge in [0.2, 0.25) is 0 Å². The summed E-state index contributed by atoms with van der Waals surface area (Å²) in [5.41, 5.74) is 0.511. The largest absolute Gasteiger partial charge is 0.492 e. The van der Waals surface area contributed by atoms with Crippen molar-refractivity contribution >= 4 is 17.7 Å². The summed E-state index contributed by atoms with van der Waals surface area (Å²) >= 11 is 0. The van der Waals surface area contributed by atoms with E-state index < -0.39 is 5.97 Å². The third kappa shape index (κ3) is 3.89. The Morgan fingerprint density at radius 2 is 1.88 bits per heavy atom. The number of carboxylic acids is 1. The fourth-order valence-electron chi connectivity index (χ4n) is 2.97. The molecule has 1 saturated heterocycles. The Morgan fingerprint density at radius 3 is 2.48 bits per heavy atom. The number of hydrogen-bond donors (Lipinski definition) is 2. The predicted molar refractivity (Wildman–Crippen MR) is 89.6 cm³/mol. The SMILES string of the molecule is CCOc1cc2c(cc1NC(=O)N1CCC(C(=O)O)CC1)OCCO2. The molecule has 2 aliphatic rings. The average Bonchev–Trinajstić information content (AvgIpc) is 2.62. The van der Waals surface area contributed by atoms with Crippen LogP contribution >= 0.6 is 0 Å². The molecule has 0 atom stereocenters. The zero-order chi connectivity index (χ0) is 17.8. The third-order valence-electron chi connectivity index (χ3n) is 4.32. The molecule has 1 aromatic rings. The van der Waals surface area contributed by atoms with E-state index >= 15 is 0 Å². The molecule has 2 heterocycles. The second-order valence-electron chi connectivity index (χ2n) is 5.95. The lowest BCUT2D eigenvalue weighted by Crippen LogP contribution is -2.42. The predicted octanol–water partition coefficient (Wildman–Crippen LogP) is 2.18. The number of nitrogens with zero attached hydrogens (tertiary/aromatic N) is 1. The van der Waals surface area contributed by atoms with Crippen molar-refractivity contribution in [1.29, 1.82) is 0 Å². The zero-order valence-electron chi connectivity index (χ0n) is 14.1. The van der Waals surface area contributed by atoms with Crippen LogP contribution in [-0.4, -0.2) is 54.9 Å². The minimum Gasteiger partial charge on any atom is -0.492 e. The van der Waals surface area contributed by atoms with Crippen molar-refractivity contribution < 1.29 is 28.9 Å². The van der Waals surface area contributed by atoms with Gasteiger partial charge in [-0.1, -0.05) is 0 Å². The number of piperidine rings is 1. The quantitative estimate of drug-likeness (QED) is 0.864. The molecule has 0 bridgehead atoms. The molecule has 8 heteroatoms. The number of amides is 2. The number of carboxylic acid groups (broad SMARTS) is 1. The lowest BCUT2D eigenvalue weighted by Gasteiger charge is -2.30. The maximum atomic E-state index is 12.5. The first-order chi connectivity index (χ1) is 12.1. The molecule has 2 N–H and O–H groups in total. The van der Waals surface area contributed by atoms with Crippen LogP contribution in [0.3, 0.4) is 0 Å². The first kappa shape index (κ1) is 17.2. The molecule has 0 saturated carbocycles. The maximum absolute atomic E-state index is 12.5. The molecule has 2 aliphatic heterocycles. The number of benzene rings is 1. The van der Waals surface area contributed by atoms with Gasteiger partial charge in [-0.25, -0.2) is 4.79 Å². The second kappa shape index (κ2) is 7.50. The number of urea groups is 1. The number of anilines is 1. The van der Waals surface area contributed by atoms with Crippen LogP contribution in [0.2, 0.25) is 0 Å². The van der Waals surface area contributed by atoms with Crippen molar-refractivity contribution in [2.75, 3.05) is 38.2 Å². The van der Waals surface area contributed by atoms with E-state index in [1.165, 1.54) is 0 Å². The van der Waals surface area contributed by atoms with Gasteiger partial charge in [0, 0.05) is 25.2 Å². The lowest BCUT2D eigenvalue weighted by molar-refractivity contribution is -0.143. The molecule has 1 aromatic carbocycles. The van der Waals surface area contributed by atoms with Crippen LogP contribution in [0.1, 0.15) is 19.8 Å². The van der Waals surface area contributed by atoms with E-state index in [0.29, 0.717) is 68.7 Å². The molecular formula is C17H22N2O6. The number of rotatable bonds is 4. The number of ether oxygens (including phenoxy) is 3. The molecule has 136 valence electrons. The summed E-state index contributed by atoms with van der Waals surface area (Å²) in [6, 6.07) is 3.13. The molecule has 0 radical (unpaired) electrons. The number of nitrogens with one attached hydrogen (secondary N) is 1. The highest BCUT2D eigenvalue weighted by atomic mass is 16.6. The number of carbonyl (C=O) groups excluding carboxylic acids is 1. The highest BCUT2D eigenvalue weighted by Crippen LogP contribution is 2.40. The Kier molecular flexibility index (Phi) is 5.16. The van der Waals surface area contributed by atoms with Crippen molar-refractivity contribution in [2.45, 2.75) is 19.8 Å². The van der Waals surface area contributed by atoms with Gasteiger partial charge in [-0.3, -0.25) is 4.79 Å². The number of carbonyl (C=O) groups is 2. The van der Waals surface area contributed by atoms with Gasteiger partial charge in [-0.05, 0) is 19.8 Å². The molecule has 0 unspecified atom stereocenters. The average molecular weight is 350 g/mol. The van der Waals surface area contributed by atoms with E-state index in [4.69, 9.17) is 19.3 Å². The first-order valence-corrected chi connectivity index (χ1v) is 8.43. The van der Waals surface area contributed by atoms with Gasteiger partial charge < -0.3 is 29.5 Å².